The first-order valence-electron chi connectivity index (χ1n) is 4.11. The molecule has 14 heavy (non-hydrogen) atoms. The van der Waals surface area contributed by atoms with Crippen molar-refractivity contribution in [2.24, 2.45) is 7.05 Å². The van der Waals surface area contributed by atoms with E-state index in [0.717, 1.165) is 17.6 Å². The molecular formula is C10H8F3N. The van der Waals surface area contributed by atoms with Gasteiger partial charge in [-0.25, -0.2) is 0 Å². The number of hydrogen-bond donors (Lipinski definition) is 0. The third kappa shape index (κ3) is 1.36. The van der Waals surface area contributed by atoms with E-state index >= 15 is 0 Å². The Kier molecular flexibility index (Phi) is 1.80. The molecule has 0 atom stereocenters. The molecule has 0 amide bonds. The summed E-state index contributed by atoms with van der Waals surface area (Å²) in [5.41, 5.74) is 0.203. The molecule has 0 spiro atoms. The van der Waals surface area contributed by atoms with Crippen LogP contribution in [0.15, 0.2) is 30.5 Å². The molecule has 2 aromatic rings. The van der Waals surface area contributed by atoms with Crippen molar-refractivity contribution in [1.82, 2.24) is 4.57 Å². The number of alkyl halides is 3. The Balaban J connectivity index is 2.63. The summed E-state index contributed by atoms with van der Waals surface area (Å²) >= 11 is 0. The zero-order valence-electron chi connectivity index (χ0n) is 7.47. The van der Waals surface area contributed by atoms with Gasteiger partial charge in [-0.05, 0) is 24.3 Å². The first kappa shape index (κ1) is 9.12. The maximum atomic E-state index is 12.3. The number of rotatable bonds is 0. The minimum absolute atomic E-state index is 0.601. The number of aromatic nitrogens is 1. The normalized spacial score (nSPS) is 12.3. The molecule has 1 aromatic heterocycles. The van der Waals surface area contributed by atoms with E-state index in [2.05, 4.69) is 0 Å². The monoisotopic (exact) mass is 199 g/mol. The maximum absolute atomic E-state index is 12.3. The van der Waals surface area contributed by atoms with Gasteiger partial charge in [-0.3, -0.25) is 0 Å². The molecule has 0 aliphatic rings. The molecule has 0 fully saturated rings. The van der Waals surface area contributed by atoms with Crippen LogP contribution < -0.4 is 0 Å². The molecule has 0 saturated heterocycles. The van der Waals surface area contributed by atoms with E-state index in [1.165, 1.54) is 6.07 Å². The summed E-state index contributed by atoms with van der Waals surface area (Å²) in [6.45, 7) is 0. The summed E-state index contributed by atoms with van der Waals surface area (Å²) in [4.78, 5) is 0. The van der Waals surface area contributed by atoms with E-state index in [1.54, 1.807) is 23.9 Å². The molecule has 0 N–H and O–H groups in total. The standard InChI is InChI=1S/C10H8F3N/c1-14-5-4-7-6-8(10(11,12)13)2-3-9(7)14/h2-6H,1H3. The van der Waals surface area contributed by atoms with Gasteiger partial charge in [-0.15, -0.1) is 0 Å². The second kappa shape index (κ2) is 2.77. The van der Waals surface area contributed by atoms with Gasteiger partial charge >= 0.3 is 6.18 Å². The van der Waals surface area contributed by atoms with Gasteiger partial charge in [0.25, 0.3) is 0 Å². The Morgan fingerprint density at radius 3 is 2.50 bits per heavy atom. The van der Waals surface area contributed by atoms with E-state index < -0.39 is 11.7 Å². The fourth-order valence-corrected chi connectivity index (χ4v) is 1.46. The van der Waals surface area contributed by atoms with Crippen molar-refractivity contribution in [2.75, 3.05) is 0 Å². The lowest BCUT2D eigenvalue weighted by Gasteiger charge is -2.06. The van der Waals surface area contributed by atoms with E-state index in [1.807, 2.05) is 0 Å². The summed E-state index contributed by atoms with van der Waals surface area (Å²) in [6, 6.07) is 5.42. The minimum Gasteiger partial charge on any atom is -0.351 e. The van der Waals surface area contributed by atoms with Crippen molar-refractivity contribution in [3.63, 3.8) is 0 Å². The van der Waals surface area contributed by atoms with Gasteiger partial charge in [-0.1, -0.05) is 0 Å². The third-order valence-electron chi connectivity index (χ3n) is 2.21. The lowest BCUT2D eigenvalue weighted by atomic mass is 10.1. The Morgan fingerprint density at radius 1 is 1.14 bits per heavy atom. The molecule has 1 aromatic carbocycles. The van der Waals surface area contributed by atoms with E-state index in [9.17, 15) is 13.2 Å². The highest BCUT2D eigenvalue weighted by molar-refractivity contribution is 5.80. The predicted octanol–water partition coefficient (Wildman–Crippen LogP) is 3.20. The van der Waals surface area contributed by atoms with Gasteiger partial charge in [0, 0.05) is 24.1 Å². The van der Waals surface area contributed by atoms with E-state index in [-0.39, 0.29) is 0 Å². The van der Waals surface area contributed by atoms with Crippen LogP contribution in [0.2, 0.25) is 0 Å². The van der Waals surface area contributed by atoms with E-state index in [4.69, 9.17) is 0 Å². The van der Waals surface area contributed by atoms with Crippen molar-refractivity contribution in [2.45, 2.75) is 6.18 Å². The number of aryl methyl sites for hydroxylation is 1. The Morgan fingerprint density at radius 2 is 1.86 bits per heavy atom. The molecule has 0 unspecified atom stereocenters. The van der Waals surface area contributed by atoms with Crippen molar-refractivity contribution in [3.8, 4) is 0 Å². The molecule has 0 radical (unpaired) electrons. The van der Waals surface area contributed by atoms with Crippen LogP contribution in [0.5, 0.6) is 0 Å². The predicted molar refractivity (Wildman–Crippen MR) is 47.9 cm³/mol. The van der Waals surface area contributed by atoms with Crippen LogP contribution in [-0.4, -0.2) is 4.57 Å². The quantitative estimate of drug-likeness (QED) is 0.614. The lowest BCUT2D eigenvalue weighted by Crippen LogP contribution is -2.04. The van der Waals surface area contributed by atoms with Crippen LogP contribution in [0.3, 0.4) is 0 Å². The zero-order chi connectivity index (χ0) is 10.3. The summed E-state index contributed by atoms with van der Waals surface area (Å²) in [5, 5.41) is 0.613. The second-order valence-electron chi connectivity index (χ2n) is 3.20. The summed E-state index contributed by atoms with van der Waals surface area (Å²) in [5.74, 6) is 0. The first-order chi connectivity index (χ1) is 6.48. The Hall–Kier alpha value is -1.45. The average molecular weight is 199 g/mol. The van der Waals surface area contributed by atoms with E-state index in [0.29, 0.717) is 5.39 Å². The number of benzene rings is 1. The SMILES string of the molecule is Cn1ccc2cc(C(F)(F)F)ccc21. The largest absolute Gasteiger partial charge is 0.416 e. The fourth-order valence-electron chi connectivity index (χ4n) is 1.46. The van der Waals surface area contributed by atoms with Crippen LogP contribution in [0.25, 0.3) is 10.9 Å². The summed E-state index contributed by atoms with van der Waals surface area (Å²) in [6.07, 6.45) is -2.52. The van der Waals surface area contributed by atoms with Crippen LogP contribution in [0.4, 0.5) is 13.2 Å². The highest BCUT2D eigenvalue weighted by atomic mass is 19.4. The maximum Gasteiger partial charge on any atom is 0.416 e. The van der Waals surface area contributed by atoms with Crippen molar-refractivity contribution in [3.05, 3.63) is 36.0 Å². The lowest BCUT2D eigenvalue weighted by molar-refractivity contribution is -0.137. The number of fused-ring (bicyclic) bond motifs is 1. The van der Waals surface area contributed by atoms with Gasteiger partial charge in [0.05, 0.1) is 5.56 Å². The molecule has 0 aliphatic carbocycles. The topological polar surface area (TPSA) is 4.93 Å². The van der Waals surface area contributed by atoms with Gasteiger partial charge < -0.3 is 4.57 Å². The van der Waals surface area contributed by atoms with Crippen molar-refractivity contribution < 1.29 is 13.2 Å². The van der Waals surface area contributed by atoms with Crippen molar-refractivity contribution >= 4 is 10.9 Å². The first-order valence-corrected chi connectivity index (χ1v) is 4.11. The molecule has 1 nitrogen and oxygen atoms in total. The van der Waals surface area contributed by atoms with Crippen LogP contribution in [0, 0.1) is 0 Å². The number of halogens is 3. The van der Waals surface area contributed by atoms with Crippen LogP contribution >= 0.6 is 0 Å². The molecule has 4 heteroatoms. The van der Waals surface area contributed by atoms with Crippen LogP contribution in [-0.2, 0) is 13.2 Å². The summed E-state index contributed by atoms with van der Waals surface area (Å²) < 4.78 is 38.7. The molecule has 2 rings (SSSR count). The molecule has 0 saturated carbocycles. The average Bonchev–Trinajstić information content (AvgIpc) is 2.46. The minimum atomic E-state index is -4.26. The zero-order valence-corrected chi connectivity index (χ0v) is 7.47. The second-order valence-corrected chi connectivity index (χ2v) is 3.20. The molecule has 0 aliphatic heterocycles. The van der Waals surface area contributed by atoms with Gasteiger partial charge in [-0.2, -0.15) is 13.2 Å². The smallest absolute Gasteiger partial charge is 0.351 e. The molecular weight excluding hydrogens is 191 g/mol. The highest BCUT2D eigenvalue weighted by Gasteiger charge is 2.30. The Labute approximate surface area is 78.8 Å². The highest BCUT2D eigenvalue weighted by Crippen LogP contribution is 2.31. The molecule has 0 bridgehead atoms. The van der Waals surface area contributed by atoms with Gasteiger partial charge in [0.15, 0.2) is 0 Å². The number of hydrogen-bond acceptors (Lipinski definition) is 0. The third-order valence-corrected chi connectivity index (χ3v) is 2.21. The van der Waals surface area contributed by atoms with Gasteiger partial charge in [0.1, 0.15) is 0 Å². The van der Waals surface area contributed by atoms with Crippen molar-refractivity contribution in [1.29, 1.82) is 0 Å². The molecule has 1 heterocycles. The number of nitrogens with zero attached hydrogens (tertiary/aromatic N) is 1. The Bertz CT molecular complexity index is 468. The summed E-state index contributed by atoms with van der Waals surface area (Å²) in [7, 11) is 1.80. The fraction of sp³-hybridized carbons (Fsp3) is 0.200. The van der Waals surface area contributed by atoms with Gasteiger partial charge in [0.2, 0.25) is 0 Å². The van der Waals surface area contributed by atoms with Crippen LogP contribution in [0.1, 0.15) is 5.56 Å². The molecule has 74 valence electrons.